The number of ether oxygens (including phenoxy) is 4. The molecule has 2 bridgehead atoms. The second kappa shape index (κ2) is 10.6. The molecule has 2 saturated carbocycles. The Labute approximate surface area is 262 Å². The Hall–Kier alpha value is -2.78. The molecule has 4 aliphatic rings. The molecule has 0 aromatic heterocycles. The SMILES string of the molecule is C=C1C[C@@H](CO[Si](c2ccccc2)(c2ccccc2)C(C)(C)C)C2(C[C@@H]1OC(=O)[C@@]13CC[C@@](C)(C(=O)O1)C3(C)C)OCCO2. The zero-order valence-electron chi connectivity index (χ0n) is 26.9. The molecule has 0 N–H and O–H groups in total. The van der Waals surface area contributed by atoms with Crippen molar-refractivity contribution in [1.29, 1.82) is 0 Å². The largest absolute Gasteiger partial charge is 0.455 e. The third-order valence-corrected chi connectivity index (χ3v) is 16.4. The van der Waals surface area contributed by atoms with Crippen LogP contribution >= 0.6 is 0 Å². The third kappa shape index (κ3) is 4.39. The van der Waals surface area contributed by atoms with Crippen molar-refractivity contribution in [2.45, 2.75) is 89.8 Å². The molecule has 0 amide bonds. The van der Waals surface area contributed by atoms with Crippen LogP contribution < -0.4 is 10.4 Å². The first-order valence-electron chi connectivity index (χ1n) is 15.9. The summed E-state index contributed by atoms with van der Waals surface area (Å²) in [5.41, 5.74) is -1.91. The lowest BCUT2D eigenvalue weighted by molar-refractivity contribution is -0.232. The number of fused-ring (bicyclic) bond motifs is 2. The van der Waals surface area contributed by atoms with Crippen LogP contribution in [0.15, 0.2) is 72.8 Å². The fraction of sp³-hybridized carbons (Fsp3) is 0.556. The summed E-state index contributed by atoms with van der Waals surface area (Å²) < 4.78 is 32.1. The topological polar surface area (TPSA) is 80.3 Å². The molecular formula is C36H46O7Si. The molecule has 1 spiro atoms. The van der Waals surface area contributed by atoms with Crippen molar-refractivity contribution >= 4 is 30.6 Å². The molecule has 44 heavy (non-hydrogen) atoms. The van der Waals surface area contributed by atoms with Gasteiger partial charge in [0.2, 0.25) is 5.60 Å². The van der Waals surface area contributed by atoms with E-state index in [0.717, 1.165) is 5.57 Å². The lowest BCUT2D eigenvalue weighted by Crippen LogP contribution is -2.67. The molecule has 2 heterocycles. The Morgan fingerprint density at radius 2 is 1.52 bits per heavy atom. The quantitative estimate of drug-likeness (QED) is 0.237. The molecule has 4 fully saturated rings. The summed E-state index contributed by atoms with van der Waals surface area (Å²) in [7, 11) is -2.80. The van der Waals surface area contributed by atoms with E-state index in [1.54, 1.807) is 0 Å². The lowest BCUT2D eigenvalue weighted by Gasteiger charge is -2.47. The van der Waals surface area contributed by atoms with Crippen molar-refractivity contribution in [3.63, 3.8) is 0 Å². The summed E-state index contributed by atoms with van der Waals surface area (Å²) in [5.74, 6) is -1.95. The number of esters is 2. The van der Waals surface area contributed by atoms with Crippen LogP contribution in [0.25, 0.3) is 0 Å². The molecule has 8 heteroatoms. The number of rotatable bonds is 7. The molecule has 4 atom stereocenters. The molecule has 2 saturated heterocycles. The molecule has 236 valence electrons. The van der Waals surface area contributed by atoms with E-state index in [1.165, 1.54) is 10.4 Å². The molecule has 0 radical (unpaired) electrons. The summed E-state index contributed by atoms with van der Waals surface area (Å²) >= 11 is 0. The maximum Gasteiger partial charge on any atom is 0.351 e. The minimum atomic E-state index is -2.80. The van der Waals surface area contributed by atoms with E-state index in [1.807, 2.05) is 32.9 Å². The van der Waals surface area contributed by atoms with Crippen LogP contribution in [0.4, 0.5) is 0 Å². The van der Waals surface area contributed by atoms with E-state index >= 15 is 0 Å². The Morgan fingerprint density at radius 1 is 0.955 bits per heavy atom. The summed E-state index contributed by atoms with van der Waals surface area (Å²) in [6, 6.07) is 21.1. The van der Waals surface area contributed by atoms with Crippen LogP contribution in [0.5, 0.6) is 0 Å². The highest BCUT2D eigenvalue weighted by atomic mass is 28.4. The maximum atomic E-state index is 13.9. The van der Waals surface area contributed by atoms with Gasteiger partial charge >= 0.3 is 11.9 Å². The number of benzene rings is 2. The highest BCUT2D eigenvalue weighted by Gasteiger charge is 2.76. The van der Waals surface area contributed by atoms with Gasteiger partial charge in [0.25, 0.3) is 8.32 Å². The van der Waals surface area contributed by atoms with E-state index in [9.17, 15) is 9.59 Å². The molecule has 2 aromatic rings. The smallest absolute Gasteiger partial charge is 0.351 e. The molecule has 2 aromatic carbocycles. The van der Waals surface area contributed by atoms with Crippen molar-refractivity contribution in [2.24, 2.45) is 16.7 Å². The van der Waals surface area contributed by atoms with Gasteiger partial charge in [0.05, 0.1) is 18.6 Å². The summed E-state index contributed by atoms with van der Waals surface area (Å²) in [5, 5.41) is 2.24. The molecular weight excluding hydrogens is 572 g/mol. The van der Waals surface area contributed by atoms with Crippen LogP contribution in [-0.4, -0.2) is 57.6 Å². The highest BCUT2D eigenvalue weighted by Crippen LogP contribution is 2.66. The van der Waals surface area contributed by atoms with Gasteiger partial charge in [0.1, 0.15) is 6.10 Å². The summed E-state index contributed by atoms with van der Waals surface area (Å²) in [6.07, 6.45) is 1.25. The van der Waals surface area contributed by atoms with Crippen molar-refractivity contribution in [1.82, 2.24) is 0 Å². The minimum absolute atomic E-state index is 0.150. The van der Waals surface area contributed by atoms with Crippen molar-refractivity contribution in [2.75, 3.05) is 19.8 Å². The lowest BCUT2D eigenvalue weighted by atomic mass is 9.66. The van der Waals surface area contributed by atoms with Crippen molar-refractivity contribution < 1.29 is 33.0 Å². The van der Waals surface area contributed by atoms with Gasteiger partial charge in [0, 0.05) is 24.4 Å². The fourth-order valence-electron chi connectivity index (χ4n) is 8.22. The second-order valence-corrected chi connectivity index (χ2v) is 19.1. The first-order chi connectivity index (χ1) is 20.7. The second-order valence-electron chi connectivity index (χ2n) is 14.8. The number of carbonyl (C=O) groups is 2. The molecule has 0 unspecified atom stereocenters. The van der Waals surface area contributed by atoms with Gasteiger partial charge in [0.15, 0.2) is 5.79 Å². The minimum Gasteiger partial charge on any atom is -0.455 e. The van der Waals surface area contributed by atoms with Gasteiger partial charge in [-0.3, -0.25) is 4.79 Å². The van der Waals surface area contributed by atoms with Crippen molar-refractivity contribution in [3.8, 4) is 0 Å². The van der Waals surface area contributed by atoms with Crippen molar-refractivity contribution in [3.05, 3.63) is 72.8 Å². The Morgan fingerprint density at radius 3 is 2.00 bits per heavy atom. The Kier molecular flexibility index (Phi) is 7.55. The zero-order valence-corrected chi connectivity index (χ0v) is 27.9. The molecule has 2 aliphatic carbocycles. The van der Waals surface area contributed by atoms with Crippen LogP contribution in [0, 0.1) is 16.7 Å². The van der Waals surface area contributed by atoms with Crippen LogP contribution in [0.1, 0.15) is 67.2 Å². The standard InChI is InChI=1S/C36H46O7Si/c1-25-22-26(24-41-44(32(2,3)4,27-14-10-8-11-15-27)28-16-12-9-13-17-28)36(39-20-21-40-36)23-29(25)42-31(38)35-19-18-34(7,30(37)43-35)33(35,5)6/h8-17,26,29H,1,18-24H2,2-7H3/t26-,29-,34-,35+/m0/s1. The van der Waals surface area contributed by atoms with Crippen LogP contribution in [-0.2, 0) is 33.0 Å². The van der Waals surface area contributed by atoms with Gasteiger partial charge < -0.3 is 23.4 Å². The van der Waals surface area contributed by atoms with E-state index in [4.69, 9.17) is 23.4 Å². The van der Waals surface area contributed by atoms with E-state index < -0.39 is 42.6 Å². The van der Waals surface area contributed by atoms with Gasteiger partial charge in [-0.15, -0.1) is 0 Å². The average molecular weight is 619 g/mol. The molecule has 7 nitrogen and oxygen atoms in total. The number of carbonyl (C=O) groups excluding carboxylic acids is 2. The normalized spacial score (nSPS) is 30.9. The predicted octanol–water partition coefficient (Wildman–Crippen LogP) is 5.31. The van der Waals surface area contributed by atoms with E-state index in [0.29, 0.717) is 45.5 Å². The van der Waals surface area contributed by atoms with Crippen LogP contribution in [0.2, 0.25) is 5.04 Å². The first-order valence-corrected chi connectivity index (χ1v) is 17.8. The Bertz CT molecular complexity index is 1390. The highest BCUT2D eigenvalue weighted by molar-refractivity contribution is 6.99. The van der Waals surface area contributed by atoms with Gasteiger partial charge in [-0.1, -0.05) is 102 Å². The number of hydrogen-bond acceptors (Lipinski definition) is 7. The third-order valence-electron chi connectivity index (χ3n) is 11.4. The predicted molar refractivity (Wildman–Crippen MR) is 170 cm³/mol. The Balaban J connectivity index is 1.27. The van der Waals surface area contributed by atoms with E-state index in [2.05, 4.69) is 75.9 Å². The molecule has 2 aliphatic heterocycles. The van der Waals surface area contributed by atoms with Gasteiger partial charge in [-0.05, 0) is 47.2 Å². The maximum absolute atomic E-state index is 13.9. The molecule has 6 rings (SSSR count). The van der Waals surface area contributed by atoms with Gasteiger partial charge in [-0.25, -0.2) is 4.79 Å². The monoisotopic (exact) mass is 618 g/mol. The zero-order chi connectivity index (χ0) is 31.6. The van der Waals surface area contributed by atoms with Gasteiger partial charge in [-0.2, -0.15) is 0 Å². The van der Waals surface area contributed by atoms with Crippen LogP contribution in [0.3, 0.4) is 0 Å². The summed E-state index contributed by atoms with van der Waals surface area (Å²) in [4.78, 5) is 26.7. The van der Waals surface area contributed by atoms with E-state index in [-0.39, 0.29) is 16.9 Å². The number of hydrogen-bond donors (Lipinski definition) is 0. The summed E-state index contributed by atoms with van der Waals surface area (Å²) in [6.45, 7) is 18.2. The fourth-order valence-corrected chi connectivity index (χ4v) is 12.8. The first kappa shape index (κ1) is 31.2. The average Bonchev–Trinajstić information content (AvgIpc) is 3.58.